The average Bonchev–Trinajstić information content (AvgIpc) is 2.68. The number of nitro benzene ring substituents is 1. The van der Waals surface area contributed by atoms with Gasteiger partial charge in [0.1, 0.15) is 0 Å². The van der Waals surface area contributed by atoms with Crippen molar-refractivity contribution < 1.29 is 9.72 Å². The van der Waals surface area contributed by atoms with Crippen molar-refractivity contribution in [1.29, 1.82) is 5.26 Å². The van der Waals surface area contributed by atoms with E-state index in [4.69, 9.17) is 5.26 Å². The Morgan fingerprint density at radius 3 is 2.50 bits per heavy atom. The molecule has 0 aliphatic heterocycles. The first kappa shape index (κ1) is 21.1. The number of nitriles is 1. The van der Waals surface area contributed by atoms with Gasteiger partial charge in [-0.25, -0.2) is 0 Å². The highest BCUT2D eigenvalue weighted by Crippen LogP contribution is 2.21. The maximum absolute atomic E-state index is 12.3. The maximum Gasteiger partial charge on any atom is 0.269 e. The van der Waals surface area contributed by atoms with Crippen molar-refractivity contribution >= 4 is 17.3 Å². The molecule has 146 valence electrons. The smallest absolute Gasteiger partial charge is 0.269 e. The number of rotatable bonds is 9. The largest absolute Gasteiger partial charge is 0.326 e. The summed E-state index contributed by atoms with van der Waals surface area (Å²) >= 11 is 0. The highest BCUT2D eigenvalue weighted by molar-refractivity contribution is 5.91. The van der Waals surface area contributed by atoms with E-state index in [9.17, 15) is 14.9 Å². The van der Waals surface area contributed by atoms with Crippen LogP contribution in [-0.4, -0.2) is 28.8 Å². The third kappa shape index (κ3) is 6.18. The lowest BCUT2D eigenvalue weighted by atomic mass is 10.1. The molecule has 0 heterocycles. The van der Waals surface area contributed by atoms with Crippen LogP contribution in [0.1, 0.15) is 36.5 Å². The number of anilines is 1. The monoisotopic (exact) mass is 380 g/mol. The van der Waals surface area contributed by atoms with Crippen molar-refractivity contribution in [1.82, 2.24) is 4.90 Å². The zero-order chi connectivity index (χ0) is 20.5. The number of hydrogen-bond donors (Lipinski definition) is 1. The highest BCUT2D eigenvalue weighted by atomic mass is 16.6. The van der Waals surface area contributed by atoms with E-state index in [0.717, 1.165) is 18.5 Å². The summed E-state index contributed by atoms with van der Waals surface area (Å²) < 4.78 is 0. The molecule has 1 amide bonds. The van der Waals surface area contributed by atoms with Gasteiger partial charge in [0.15, 0.2) is 0 Å². The second-order valence-corrected chi connectivity index (χ2v) is 6.64. The molecule has 0 aliphatic carbocycles. The summed E-state index contributed by atoms with van der Waals surface area (Å²) in [6.45, 7) is 6.00. The Balaban J connectivity index is 1.92. The summed E-state index contributed by atoms with van der Waals surface area (Å²) in [7, 11) is 0. The van der Waals surface area contributed by atoms with Gasteiger partial charge in [0.05, 0.1) is 16.6 Å². The number of carbonyl (C=O) groups is 1. The number of hydrogen-bond acceptors (Lipinski definition) is 5. The van der Waals surface area contributed by atoms with Gasteiger partial charge in [0, 0.05) is 37.3 Å². The number of carbonyl (C=O) groups excluding carboxylic acids is 1. The molecule has 0 saturated heterocycles. The lowest BCUT2D eigenvalue weighted by Crippen LogP contribution is -2.28. The second kappa shape index (κ2) is 10.2. The summed E-state index contributed by atoms with van der Waals surface area (Å²) in [6.07, 6.45) is 1.30. The number of benzene rings is 2. The van der Waals surface area contributed by atoms with Crippen molar-refractivity contribution in [2.75, 3.05) is 18.4 Å². The first-order valence-corrected chi connectivity index (χ1v) is 9.19. The molecule has 28 heavy (non-hydrogen) atoms. The zero-order valence-corrected chi connectivity index (χ0v) is 16.1. The lowest BCUT2D eigenvalue weighted by Gasteiger charge is -2.21. The molecule has 0 aliphatic rings. The van der Waals surface area contributed by atoms with Crippen LogP contribution in [-0.2, 0) is 11.3 Å². The predicted octanol–water partition coefficient (Wildman–Crippen LogP) is 4.02. The van der Waals surface area contributed by atoms with Crippen molar-refractivity contribution in [3.8, 4) is 6.07 Å². The number of nitrogens with zero attached hydrogens (tertiary/aromatic N) is 3. The number of nitrogens with one attached hydrogen (secondary N) is 1. The minimum atomic E-state index is -0.454. The van der Waals surface area contributed by atoms with Crippen molar-refractivity contribution in [3.63, 3.8) is 0 Å². The highest BCUT2D eigenvalue weighted by Gasteiger charge is 2.12. The first-order valence-electron chi connectivity index (χ1n) is 9.19. The Labute approximate surface area is 164 Å². The van der Waals surface area contributed by atoms with Crippen LogP contribution in [0, 0.1) is 28.4 Å². The summed E-state index contributed by atoms with van der Waals surface area (Å²) in [5, 5.41) is 22.5. The number of aryl methyl sites for hydroxylation is 1. The quantitative estimate of drug-likeness (QED) is 0.523. The van der Waals surface area contributed by atoms with E-state index in [1.165, 1.54) is 12.1 Å². The molecule has 7 heteroatoms. The number of non-ortho nitro benzene ring substituents is 1. The standard InChI is InChI=1S/C21H24N4O3/c1-3-11-24(15-18-6-4-17(14-22)5-7-18)12-10-21(26)23-20-9-8-19(25(27)28)13-16(20)2/h4-9,13H,3,10-12,15H2,1-2H3,(H,23,26). The Bertz CT molecular complexity index is 872. The number of amides is 1. The van der Waals surface area contributed by atoms with Crippen LogP contribution in [0.5, 0.6) is 0 Å². The molecule has 1 N–H and O–H groups in total. The fourth-order valence-electron chi connectivity index (χ4n) is 2.90. The van der Waals surface area contributed by atoms with E-state index in [2.05, 4.69) is 23.2 Å². The van der Waals surface area contributed by atoms with Crippen molar-refractivity contribution in [3.05, 3.63) is 69.3 Å². The van der Waals surface area contributed by atoms with Crippen LogP contribution in [0.15, 0.2) is 42.5 Å². The molecule has 2 rings (SSSR count). The van der Waals surface area contributed by atoms with Gasteiger partial charge in [0.25, 0.3) is 5.69 Å². The molecule has 0 unspecified atom stereocenters. The van der Waals surface area contributed by atoms with Gasteiger partial charge in [0.2, 0.25) is 5.91 Å². The van der Waals surface area contributed by atoms with E-state index in [0.29, 0.717) is 36.3 Å². The third-order valence-corrected chi connectivity index (χ3v) is 4.38. The van der Waals surface area contributed by atoms with E-state index < -0.39 is 4.92 Å². The lowest BCUT2D eigenvalue weighted by molar-refractivity contribution is -0.384. The zero-order valence-electron chi connectivity index (χ0n) is 16.1. The fraction of sp³-hybridized carbons (Fsp3) is 0.333. The van der Waals surface area contributed by atoms with Gasteiger partial charge in [-0.15, -0.1) is 0 Å². The summed E-state index contributed by atoms with van der Waals surface area (Å²) in [4.78, 5) is 24.9. The first-order chi connectivity index (χ1) is 13.4. The van der Waals surface area contributed by atoms with Gasteiger partial charge in [-0.05, 0) is 49.2 Å². The van der Waals surface area contributed by atoms with E-state index in [1.807, 2.05) is 12.1 Å². The Morgan fingerprint density at radius 2 is 1.93 bits per heavy atom. The predicted molar refractivity (Wildman–Crippen MR) is 108 cm³/mol. The Kier molecular flexibility index (Phi) is 7.66. The molecular weight excluding hydrogens is 356 g/mol. The van der Waals surface area contributed by atoms with E-state index >= 15 is 0 Å². The summed E-state index contributed by atoms with van der Waals surface area (Å²) in [5.74, 6) is -0.127. The molecule has 0 radical (unpaired) electrons. The Hall–Kier alpha value is -3.24. The molecule has 7 nitrogen and oxygen atoms in total. The van der Waals surface area contributed by atoms with Gasteiger partial charge in [-0.3, -0.25) is 19.8 Å². The molecule has 0 bridgehead atoms. The second-order valence-electron chi connectivity index (χ2n) is 6.64. The van der Waals surface area contributed by atoms with Crippen LogP contribution in [0.4, 0.5) is 11.4 Å². The maximum atomic E-state index is 12.3. The van der Waals surface area contributed by atoms with Crippen molar-refractivity contribution in [2.45, 2.75) is 33.2 Å². The molecular formula is C21H24N4O3. The van der Waals surface area contributed by atoms with E-state index in [1.54, 1.807) is 25.1 Å². The Morgan fingerprint density at radius 1 is 1.21 bits per heavy atom. The van der Waals surface area contributed by atoms with Crippen LogP contribution in [0.3, 0.4) is 0 Å². The minimum absolute atomic E-state index is 0.00652. The van der Waals surface area contributed by atoms with Crippen molar-refractivity contribution in [2.24, 2.45) is 0 Å². The average molecular weight is 380 g/mol. The molecule has 0 atom stereocenters. The number of nitro groups is 1. The normalized spacial score (nSPS) is 10.5. The van der Waals surface area contributed by atoms with Crippen LogP contribution >= 0.6 is 0 Å². The van der Waals surface area contributed by atoms with Gasteiger partial charge in [-0.2, -0.15) is 5.26 Å². The molecule has 2 aromatic rings. The van der Waals surface area contributed by atoms with Gasteiger partial charge in [-0.1, -0.05) is 19.1 Å². The minimum Gasteiger partial charge on any atom is -0.326 e. The third-order valence-electron chi connectivity index (χ3n) is 4.38. The van der Waals surface area contributed by atoms with E-state index in [-0.39, 0.29) is 11.6 Å². The van der Waals surface area contributed by atoms with Crippen LogP contribution in [0.25, 0.3) is 0 Å². The topological polar surface area (TPSA) is 99.3 Å². The summed E-state index contributed by atoms with van der Waals surface area (Å²) in [5.41, 5.74) is 2.98. The molecule has 0 saturated carbocycles. The molecule has 2 aromatic carbocycles. The van der Waals surface area contributed by atoms with Gasteiger partial charge >= 0.3 is 0 Å². The summed E-state index contributed by atoms with van der Waals surface area (Å²) in [6, 6.07) is 14.0. The molecule has 0 spiro atoms. The molecule has 0 fully saturated rings. The SMILES string of the molecule is CCCN(CCC(=O)Nc1ccc([N+](=O)[O-])cc1C)Cc1ccc(C#N)cc1. The van der Waals surface area contributed by atoms with Crippen LogP contribution < -0.4 is 5.32 Å². The fourth-order valence-corrected chi connectivity index (χ4v) is 2.90. The molecule has 0 aromatic heterocycles. The van der Waals surface area contributed by atoms with Gasteiger partial charge < -0.3 is 5.32 Å². The van der Waals surface area contributed by atoms with Crippen LogP contribution in [0.2, 0.25) is 0 Å².